The monoisotopic (exact) mass is 1870 g/mol. The lowest BCUT2D eigenvalue weighted by molar-refractivity contribution is -0.141. The Morgan fingerprint density at radius 1 is 0.575 bits per heavy atom. The van der Waals surface area contributed by atoms with Gasteiger partial charge in [0.05, 0.1) is 35.8 Å². The van der Waals surface area contributed by atoms with Gasteiger partial charge in [0.2, 0.25) is 88.4 Å². The van der Waals surface area contributed by atoms with Crippen LogP contribution in [-0.2, 0) is 106 Å². The summed E-state index contributed by atoms with van der Waals surface area (Å²) in [6, 6.07) is 4.19. The number of nitrogens with one attached hydrogen (secondary N) is 14. The van der Waals surface area contributed by atoms with Crippen molar-refractivity contribution < 1.29 is 106 Å². The third kappa shape index (κ3) is 35.2. The van der Waals surface area contributed by atoms with Crippen molar-refractivity contribution in [3.8, 4) is 0 Å². The Kier molecular flexibility index (Phi) is 44.0. The molecule has 1 saturated carbocycles. The van der Waals surface area contributed by atoms with E-state index in [1.165, 1.54) is 79.7 Å². The Labute approximate surface area is 781 Å². The number of primary amides is 2. The lowest BCUT2D eigenvalue weighted by Gasteiger charge is -2.35. The number of carbonyl (C=O) groups excluding carboxylic acids is 17. The summed E-state index contributed by atoms with van der Waals surface area (Å²) in [5, 5.41) is 61.2. The predicted octanol–water partition coefficient (Wildman–Crippen LogP) is 3.59. The van der Waals surface area contributed by atoms with Gasteiger partial charge in [-0.15, -0.1) is 0 Å². The minimum absolute atomic E-state index is 0.0164. The average molecular weight is 1870 g/mol. The Hall–Kier alpha value is -12.5. The summed E-state index contributed by atoms with van der Waals surface area (Å²) >= 11 is 0. The Morgan fingerprint density at radius 3 is 1.79 bits per heavy atom. The molecular weight excluding hydrogens is 1730 g/mol. The first-order valence-electron chi connectivity index (χ1n) is 46.3. The maximum atomic E-state index is 15.6. The molecule has 1 aromatic heterocycles. The average Bonchev–Trinajstić information content (AvgIpc) is 1.40. The van der Waals surface area contributed by atoms with Crippen LogP contribution in [0.25, 0.3) is 10.9 Å². The highest BCUT2D eigenvalue weighted by Crippen LogP contribution is 2.32. The van der Waals surface area contributed by atoms with E-state index in [-0.39, 0.29) is 92.5 Å². The van der Waals surface area contributed by atoms with Crippen LogP contribution in [0.15, 0.2) is 97.2 Å². The molecule has 0 saturated heterocycles. The summed E-state index contributed by atoms with van der Waals surface area (Å²) in [6.07, 6.45) is 4.48. The lowest BCUT2D eigenvalue weighted by Crippen LogP contribution is -2.65. The molecule has 734 valence electrons. The SMILES string of the molecule is CCC(C)[C@H](NNC(C)C(=O)C(=O)C(C)NC(=O)[C@]1(C)CCCC=CCCCCCC[C@@](C)(NC(=O)[C@H](Cc2ccccc2)NC(=O)[C@@H](NC(=O)[C@H](CC(C)C)NC(C)=O)[C@@H](C)O)C(=O)N[C@@H](CCC(=O)O)C(=O)N[C@@H](Cc2ccc(C(=O)O)cc2)C(=O)C[C@@H](Cc2c[nH]c3ccccc23)C(=O)NC(C)C(=O)N[C@@H](CCC(N)=O)C(=O)N[C@H](CC2CCC2)C(=O)N1)C(=O)C[C@H](C)C(N)=O. The molecule has 2 aliphatic rings. The highest BCUT2D eigenvalue weighted by Gasteiger charge is 2.45. The molecule has 0 bridgehead atoms. The second kappa shape index (κ2) is 53.4. The zero-order chi connectivity index (χ0) is 99.4. The Bertz CT molecular complexity index is 4820. The number of amides is 13. The molecule has 38 nitrogen and oxygen atoms in total. The number of fused-ring (bicyclic) bond motifs is 1. The molecule has 3 aromatic carbocycles. The van der Waals surface area contributed by atoms with Crippen LogP contribution in [0.3, 0.4) is 0 Å². The Balaban J connectivity index is 1.44. The number of carbonyl (C=O) groups is 19. The van der Waals surface area contributed by atoms with Crippen molar-refractivity contribution in [3.05, 3.63) is 119 Å². The molecule has 1 aliphatic heterocycles. The number of ketones is 4. The summed E-state index contributed by atoms with van der Waals surface area (Å²) in [6.45, 7) is 17.8. The predicted molar refractivity (Wildman–Crippen MR) is 496 cm³/mol. The molecule has 4 unspecified atom stereocenters. The molecule has 13 amide bonds. The molecule has 4 aromatic rings. The largest absolute Gasteiger partial charge is 0.481 e. The number of aromatic carboxylic acids is 1. The van der Waals surface area contributed by atoms with E-state index in [9.17, 15) is 72.9 Å². The van der Waals surface area contributed by atoms with E-state index >= 15 is 33.6 Å². The van der Waals surface area contributed by atoms with Crippen LogP contribution < -0.4 is 80.8 Å². The fraction of sp³-hybridized carbons (Fsp3) is 0.573. The van der Waals surface area contributed by atoms with Crippen molar-refractivity contribution in [1.29, 1.82) is 0 Å². The number of aliphatic carboxylic acids is 1. The van der Waals surface area contributed by atoms with Crippen LogP contribution in [-0.4, -0.2) is 216 Å². The molecule has 2 heterocycles. The number of Topliss-reactive ketones (excluding diaryl/α,β-unsaturated/α-hetero) is 4. The highest BCUT2D eigenvalue weighted by atomic mass is 16.4. The van der Waals surface area contributed by atoms with Crippen molar-refractivity contribution >= 4 is 123 Å². The van der Waals surface area contributed by atoms with Gasteiger partial charge >= 0.3 is 11.9 Å². The summed E-state index contributed by atoms with van der Waals surface area (Å²) in [4.78, 5) is 271. The van der Waals surface area contributed by atoms with Gasteiger partial charge in [-0.2, -0.15) is 0 Å². The molecule has 1 aliphatic carbocycles. The number of carboxylic acids is 2. The second-order valence-electron chi connectivity index (χ2n) is 36.6. The maximum absolute atomic E-state index is 15.6. The number of H-pyrrole nitrogens is 1. The quantitative estimate of drug-likeness (QED) is 0.0172. The van der Waals surface area contributed by atoms with Gasteiger partial charge in [-0.3, -0.25) is 86.3 Å². The van der Waals surface area contributed by atoms with Gasteiger partial charge in [-0.05, 0) is 171 Å². The van der Waals surface area contributed by atoms with E-state index in [4.69, 9.17) is 11.5 Å². The molecule has 17 atom stereocenters. The van der Waals surface area contributed by atoms with E-state index in [0.29, 0.717) is 73.4 Å². The van der Waals surface area contributed by atoms with Crippen LogP contribution in [0.5, 0.6) is 0 Å². The van der Waals surface area contributed by atoms with Crippen LogP contribution in [0.2, 0.25) is 0 Å². The van der Waals surface area contributed by atoms with Gasteiger partial charge in [0.1, 0.15) is 53.4 Å². The summed E-state index contributed by atoms with van der Waals surface area (Å²) in [5.74, 6) is -20.7. The fourth-order valence-corrected chi connectivity index (χ4v) is 15.9. The van der Waals surface area contributed by atoms with Gasteiger partial charge < -0.3 is 90.3 Å². The van der Waals surface area contributed by atoms with Crippen molar-refractivity contribution in [3.63, 3.8) is 0 Å². The van der Waals surface area contributed by atoms with Crippen molar-refractivity contribution in [2.45, 2.75) is 321 Å². The third-order valence-electron chi connectivity index (χ3n) is 24.6. The first kappa shape index (κ1) is 110. The van der Waals surface area contributed by atoms with Gasteiger partial charge in [-0.1, -0.05) is 152 Å². The molecule has 6 rings (SSSR count). The summed E-state index contributed by atoms with van der Waals surface area (Å²) < 4.78 is 0. The molecular formula is C96H138N16O22. The molecule has 38 heteroatoms. The number of aromatic nitrogens is 1. The van der Waals surface area contributed by atoms with E-state index in [0.717, 1.165) is 6.42 Å². The molecule has 134 heavy (non-hydrogen) atoms. The topological polar surface area (TPSA) is 609 Å². The summed E-state index contributed by atoms with van der Waals surface area (Å²) in [5.41, 5.74) is 14.4. The molecule has 1 fully saturated rings. The number of para-hydroxylation sites is 1. The number of aliphatic hydroxyl groups excluding tert-OH is 1. The van der Waals surface area contributed by atoms with E-state index < -0.39 is 240 Å². The number of hydrazine groups is 1. The number of carboxylic acid groups (broad SMARTS) is 2. The number of aliphatic hydroxyl groups is 1. The van der Waals surface area contributed by atoms with E-state index in [2.05, 4.69) is 74.3 Å². The number of allylic oxidation sites excluding steroid dienone is 2. The zero-order valence-corrected chi connectivity index (χ0v) is 78.8. The van der Waals surface area contributed by atoms with E-state index in [1.807, 2.05) is 19.1 Å². The van der Waals surface area contributed by atoms with Gasteiger partial charge in [0.15, 0.2) is 11.6 Å². The minimum Gasteiger partial charge on any atom is -0.481 e. The maximum Gasteiger partial charge on any atom is 0.335 e. The fourth-order valence-electron chi connectivity index (χ4n) is 15.9. The molecule has 21 N–H and O–H groups in total. The highest BCUT2D eigenvalue weighted by molar-refractivity contribution is 6.41. The first-order chi connectivity index (χ1) is 63.2. The number of rotatable bonds is 39. The van der Waals surface area contributed by atoms with Crippen molar-refractivity contribution in [2.75, 3.05) is 0 Å². The van der Waals surface area contributed by atoms with Crippen molar-refractivity contribution in [2.24, 2.45) is 41.1 Å². The zero-order valence-electron chi connectivity index (χ0n) is 78.8. The van der Waals surface area contributed by atoms with Crippen molar-refractivity contribution in [1.82, 2.24) is 74.3 Å². The number of nitrogens with two attached hydrogens (primary N) is 2. The van der Waals surface area contributed by atoms with E-state index in [1.54, 1.807) is 81.6 Å². The third-order valence-corrected chi connectivity index (χ3v) is 24.6. The normalized spacial score (nSPS) is 22.5. The lowest BCUT2D eigenvalue weighted by atomic mass is 9.80. The Morgan fingerprint density at radius 2 is 1.19 bits per heavy atom. The second-order valence-corrected chi connectivity index (χ2v) is 36.6. The van der Waals surface area contributed by atoms with Crippen LogP contribution in [0.1, 0.15) is 245 Å². The minimum atomic E-state index is -2.08. The number of aromatic amines is 1. The number of hydrogen-bond donors (Lipinski definition) is 19. The summed E-state index contributed by atoms with van der Waals surface area (Å²) in [7, 11) is 0. The standard InChI is InChI=1S/C96H138N16O22/c1-13-54(4)79(76(116)46-55(5)83(98)122)112-111-57(7)82(121)81(120)56(6)101-93(133)95(11)43-26-19-17-15-14-16-18-20-27-44-96(12,110-90(129)74(48-61-29-22-21-23-30-61)106-91(130)80(59(9)113)108-88(127)72(45-53(2)3)102-60(10)114)94(134)107-70(40-42-78(118)119)87(126)104-71(47-63-35-37-64(38-36-63)92(131)132)75(115)51-65(50-66-52-99-68-34-25-24-33-67(66)68)85(124)100-58(8)84(123)103-69(39-41-77(97)117)86(125)105-73(89(128)109-95)49-62-31-28-32-62/h15,17,21-25,29-30,33-38,52-59,62,65,69-74,79-80,99,111-113H,13-14,16,18-20,26-28,31-32,39-51H2,1-12H3,(H2,97,117)(H2,98,122)(H,100,124)(H,101,133)(H,102,114)(H,103,123)(H,104,126)(H,105,125)(H,106,130)(H,107,134)(H,108,127)(H,109,128)(H,110,129)(H,118,119)(H,131,132)/t54?,55-,56?,57?,58?,59+,65+,69-,70-,71-,72-,73+,74-,79-,80-,95-,96+/m0/s1. The number of hydrogen-bond acceptors (Lipinski definition) is 22. The smallest absolute Gasteiger partial charge is 0.335 e. The first-order valence-corrected chi connectivity index (χ1v) is 46.3. The molecule has 0 radical (unpaired) electrons. The van der Waals surface area contributed by atoms with Gasteiger partial charge in [0.25, 0.3) is 0 Å². The van der Waals surface area contributed by atoms with Gasteiger partial charge in [-0.25, -0.2) is 15.6 Å². The van der Waals surface area contributed by atoms with Crippen LogP contribution in [0, 0.1) is 29.6 Å². The molecule has 0 spiro atoms. The van der Waals surface area contributed by atoms with Gasteiger partial charge in [0, 0.05) is 68.0 Å². The van der Waals surface area contributed by atoms with Crippen LogP contribution >= 0.6 is 0 Å². The number of benzene rings is 3. The van der Waals surface area contributed by atoms with Crippen LogP contribution in [0.4, 0.5) is 0 Å².